The molecule has 2 aromatic carbocycles. The predicted octanol–water partition coefficient (Wildman–Crippen LogP) is 3.01. The predicted molar refractivity (Wildman–Crippen MR) is 95.5 cm³/mol. The van der Waals surface area contributed by atoms with E-state index in [1.54, 1.807) is 0 Å². The highest BCUT2D eigenvalue weighted by atomic mass is 16.2. The minimum Gasteiger partial charge on any atom is -0.341 e. The summed E-state index contributed by atoms with van der Waals surface area (Å²) in [6, 6.07) is 20.5. The zero-order chi connectivity index (χ0) is 16.5. The van der Waals surface area contributed by atoms with Gasteiger partial charge in [0.2, 0.25) is 5.91 Å². The van der Waals surface area contributed by atoms with Gasteiger partial charge in [-0.15, -0.1) is 0 Å². The van der Waals surface area contributed by atoms with Crippen LogP contribution in [0.3, 0.4) is 0 Å². The van der Waals surface area contributed by atoms with E-state index >= 15 is 0 Å². The monoisotopic (exact) mass is 320 g/mol. The lowest BCUT2D eigenvalue weighted by Gasteiger charge is -2.25. The Morgan fingerprint density at radius 3 is 2.04 bits per heavy atom. The van der Waals surface area contributed by atoms with Crippen LogP contribution in [-0.2, 0) is 4.79 Å². The summed E-state index contributed by atoms with van der Waals surface area (Å²) in [6.45, 7) is 1.69. The molecule has 3 nitrogen and oxygen atoms in total. The molecular weight excluding hydrogens is 296 g/mol. The molecule has 2 aliphatic rings. The lowest BCUT2D eigenvalue weighted by atomic mass is 9.90. The smallest absolute Gasteiger partial charge is 0.234 e. The van der Waals surface area contributed by atoms with Gasteiger partial charge in [-0.3, -0.25) is 4.79 Å². The van der Waals surface area contributed by atoms with Gasteiger partial charge in [0.25, 0.3) is 0 Å². The molecule has 3 atom stereocenters. The molecule has 1 aliphatic carbocycles. The number of nitrogens with zero attached hydrogens (tertiary/aromatic N) is 1. The molecule has 1 heterocycles. The van der Waals surface area contributed by atoms with E-state index in [9.17, 15) is 4.79 Å². The number of hydrogen-bond acceptors (Lipinski definition) is 2. The normalized spacial score (nSPS) is 25.9. The largest absolute Gasteiger partial charge is 0.341 e. The number of fused-ring (bicyclic) bond motifs is 1. The summed E-state index contributed by atoms with van der Waals surface area (Å²) in [7, 11) is 0. The second-order valence-corrected chi connectivity index (χ2v) is 7.16. The second-order valence-electron chi connectivity index (χ2n) is 7.16. The number of rotatable bonds is 3. The highest BCUT2D eigenvalue weighted by Crippen LogP contribution is 2.39. The van der Waals surface area contributed by atoms with Crippen molar-refractivity contribution in [2.24, 2.45) is 17.6 Å². The minimum absolute atomic E-state index is 0.217. The van der Waals surface area contributed by atoms with Crippen LogP contribution in [0.25, 0.3) is 0 Å². The van der Waals surface area contributed by atoms with Gasteiger partial charge in [-0.1, -0.05) is 60.7 Å². The number of hydrogen-bond donors (Lipinski definition) is 1. The number of likely N-dealkylation sites (tertiary alicyclic amines) is 1. The first-order valence-corrected chi connectivity index (χ1v) is 8.88. The van der Waals surface area contributed by atoms with Crippen molar-refractivity contribution in [1.29, 1.82) is 0 Å². The Labute approximate surface area is 143 Å². The number of carbonyl (C=O) groups excluding carboxylic acids is 1. The summed E-state index contributed by atoms with van der Waals surface area (Å²) in [6.07, 6.45) is 2.27. The Morgan fingerprint density at radius 2 is 1.50 bits per heavy atom. The molecule has 0 radical (unpaired) electrons. The van der Waals surface area contributed by atoms with Gasteiger partial charge in [0.1, 0.15) is 0 Å². The quantitative estimate of drug-likeness (QED) is 0.945. The fourth-order valence-electron chi connectivity index (χ4n) is 4.44. The van der Waals surface area contributed by atoms with Crippen LogP contribution in [0.1, 0.15) is 29.9 Å². The van der Waals surface area contributed by atoms with Gasteiger partial charge < -0.3 is 10.6 Å². The van der Waals surface area contributed by atoms with Crippen LogP contribution in [0.5, 0.6) is 0 Å². The summed E-state index contributed by atoms with van der Waals surface area (Å²) in [5, 5.41) is 0. The third kappa shape index (κ3) is 2.73. The van der Waals surface area contributed by atoms with Crippen LogP contribution in [-0.4, -0.2) is 29.9 Å². The first-order chi connectivity index (χ1) is 11.7. The van der Waals surface area contributed by atoms with Crippen molar-refractivity contribution in [2.75, 3.05) is 13.1 Å². The van der Waals surface area contributed by atoms with E-state index in [2.05, 4.69) is 29.2 Å². The fourth-order valence-corrected chi connectivity index (χ4v) is 4.44. The number of nitrogens with two attached hydrogens (primary N) is 1. The van der Waals surface area contributed by atoms with Gasteiger partial charge in [-0.05, 0) is 35.8 Å². The van der Waals surface area contributed by atoms with E-state index in [1.165, 1.54) is 0 Å². The van der Waals surface area contributed by atoms with Gasteiger partial charge >= 0.3 is 0 Å². The van der Waals surface area contributed by atoms with Gasteiger partial charge in [-0.2, -0.15) is 0 Å². The third-order valence-corrected chi connectivity index (χ3v) is 5.74. The molecule has 1 aliphatic heterocycles. The van der Waals surface area contributed by atoms with E-state index in [-0.39, 0.29) is 17.9 Å². The molecule has 2 N–H and O–H groups in total. The fraction of sp³-hybridized carbons (Fsp3) is 0.381. The van der Waals surface area contributed by atoms with Gasteiger partial charge in [-0.25, -0.2) is 0 Å². The highest BCUT2D eigenvalue weighted by molar-refractivity contribution is 5.87. The maximum Gasteiger partial charge on any atom is 0.234 e. The summed E-state index contributed by atoms with van der Waals surface area (Å²) >= 11 is 0. The molecule has 24 heavy (non-hydrogen) atoms. The Morgan fingerprint density at radius 1 is 0.917 bits per heavy atom. The van der Waals surface area contributed by atoms with Crippen LogP contribution in [0, 0.1) is 11.8 Å². The molecule has 1 saturated heterocycles. The van der Waals surface area contributed by atoms with Crippen molar-refractivity contribution in [2.45, 2.75) is 24.8 Å². The Hall–Kier alpha value is -2.13. The van der Waals surface area contributed by atoms with Crippen LogP contribution in [0.2, 0.25) is 0 Å². The number of amides is 1. The maximum absolute atomic E-state index is 13.4. The zero-order valence-corrected chi connectivity index (χ0v) is 13.8. The van der Waals surface area contributed by atoms with Crippen molar-refractivity contribution in [1.82, 2.24) is 4.90 Å². The SMILES string of the molecule is NC1CCC2CN(C(=O)C(c3ccccc3)c3ccccc3)CC12. The highest BCUT2D eigenvalue weighted by Gasteiger charge is 2.43. The molecule has 3 unspecified atom stereocenters. The summed E-state index contributed by atoms with van der Waals surface area (Å²) in [5.74, 6) is 1.08. The van der Waals surface area contributed by atoms with Gasteiger partial charge in [0.15, 0.2) is 0 Å². The average Bonchev–Trinajstić information content (AvgIpc) is 3.19. The molecule has 2 fully saturated rings. The zero-order valence-electron chi connectivity index (χ0n) is 13.8. The third-order valence-electron chi connectivity index (χ3n) is 5.74. The first-order valence-electron chi connectivity index (χ1n) is 8.88. The van der Waals surface area contributed by atoms with Crippen LogP contribution < -0.4 is 5.73 Å². The van der Waals surface area contributed by atoms with E-state index in [4.69, 9.17) is 5.73 Å². The molecule has 0 aromatic heterocycles. The molecular formula is C21H24N2O. The first kappa shape index (κ1) is 15.4. The summed E-state index contributed by atoms with van der Waals surface area (Å²) in [4.78, 5) is 15.4. The van der Waals surface area contributed by atoms with E-state index in [0.717, 1.165) is 37.1 Å². The van der Waals surface area contributed by atoms with Crippen molar-refractivity contribution < 1.29 is 4.79 Å². The van der Waals surface area contributed by atoms with Gasteiger partial charge in [0.05, 0.1) is 5.92 Å². The van der Waals surface area contributed by atoms with Crippen molar-refractivity contribution in [3.63, 3.8) is 0 Å². The number of benzene rings is 2. The van der Waals surface area contributed by atoms with Crippen molar-refractivity contribution in [3.05, 3.63) is 71.8 Å². The summed E-state index contributed by atoms with van der Waals surface area (Å²) < 4.78 is 0. The Bertz CT molecular complexity index is 661. The minimum atomic E-state index is -0.220. The van der Waals surface area contributed by atoms with E-state index in [1.807, 2.05) is 36.4 Å². The van der Waals surface area contributed by atoms with Crippen LogP contribution >= 0.6 is 0 Å². The Balaban J connectivity index is 1.63. The van der Waals surface area contributed by atoms with Crippen LogP contribution in [0.4, 0.5) is 0 Å². The van der Waals surface area contributed by atoms with Crippen LogP contribution in [0.15, 0.2) is 60.7 Å². The Kier molecular flexibility index (Phi) is 4.11. The average molecular weight is 320 g/mol. The van der Waals surface area contributed by atoms with Gasteiger partial charge in [0, 0.05) is 19.1 Å². The maximum atomic E-state index is 13.4. The second kappa shape index (κ2) is 6.40. The lowest BCUT2D eigenvalue weighted by molar-refractivity contribution is -0.131. The molecule has 0 spiro atoms. The molecule has 1 saturated carbocycles. The molecule has 4 rings (SSSR count). The lowest BCUT2D eigenvalue weighted by Crippen LogP contribution is -2.36. The van der Waals surface area contributed by atoms with Crippen molar-refractivity contribution in [3.8, 4) is 0 Å². The van der Waals surface area contributed by atoms with E-state index in [0.29, 0.717) is 11.8 Å². The molecule has 1 amide bonds. The van der Waals surface area contributed by atoms with Crippen molar-refractivity contribution >= 4 is 5.91 Å². The molecule has 124 valence electrons. The van der Waals surface area contributed by atoms with E-state index < -0.39 is 0 Å². The molecule has 0 bridgehead atoms. The summed E-state index contributed by atoms with van der Waals surface area (Å²) in [5.41, 5.74) is 8.37. The topological polar surface area (TPSA) is 46.3 Å². The molecule has 2 aromatic rings. The number of carbonyl (C=O) groups is 1. The standard InChI is InChI=1S/C21H24N2O/c22-19-12-11-17-13-23(14-18(17)19)21(24)20(15-7-3-1-4-8-15)16-9-5-2-6-10-16/h1-10,17-20H,11-14,22H2. The molecule has 3 heteroatoms.